The van der Waals surface area contributed by atoms with Gasteiger partial charge in [-0.25, -0.2) is 4.39 Å². The van der Waals surface area contributed by atoms with Crippen LogP contribution in [0.15, 0.2) is 29.2 Å². The summed E-state index contributed by atoms with van der Waals surface area (Å²) < 4.78 is 66.1. The van der Waals surface area contributed by atoms with Crippen molar-refractivity contribution in [1.82, 2.24) is 0 Å². The summed E-state index contributed by atoms with van der Waals surface area (Å²) in [5.74, 6) is 0. The SMILES string of the molecule is Cc1ccc(S(=O)(=O)OC(F)(F)C(F)C(C)O)cc1. The standard InChI is InChI=1S/C11H13F3O4S/c1-7-3-5-9(6-4-7)19(16,17)18-11(13,14)10(12)8(2)15/h3-6,8,10,15H,1-2H3. The van der Waals surface area contributed by atoms with Crippen LogP contribution in [-0.4, -0.2) is 31.9 Å². The number of halogens is 3. The van der Waals surface area contributed by atoms with Crippen LogP contribution in [0.4, 0.5) is 13.2 Å². The first-order chi connectivity index (χ1) is 8.56. The van der Waals surface area contributed by atoms with Crippen molar-refractivity contribution in [3.63, 3.8) is 0 Å². The van der Waals surface area contributed by atoms with Gasteiger partial charge in [0.05, 0.1) is 11.0 Å². The molecular weight excluding hydrogens is 285 g/mol. The molecule has 0 radical (unpaired) electrons. The molecule has 0 amide bonds. The maximum absolute atomic E-state index is 13.2. The molecular formula is C11H13F3O4S. The largest absolute Gasteiger partial charge is 0.403 e. The number of benzene rings is 1. The second-order valence-corrected chi connectivity index (χ2v) is 5.60. The Kier molecular flexibility index (Phi) is 4.59. The second-order valence-electron chi connectivity index (χ2n) is 4.05. The predicted molar refractivity (Wildman–Crippen MR) is 61.0 cm³/mol. The van der Waals surface area contributed by atoms with E-state index in [1.807, 2.05) is 0 Å². The number of aliphatic hydroxyl groups excluding tert-OH is 1. The molecule has 19 heavy (non-hydrogen) atoms. The molecule has 4 nitrogen and oxygen atoms in total. The minimum atomic E-state index is -4.81. The maximum atomic E-state index is 13.2. The van der Waals surface area contributed by atoms with Crippen LogP contribution >= 0.6 is 0 Å². The minimum absolute atomic E-state index is 0.518. The fourth-order valence-electron chi connectivity index (χ4n) is 1.23. The molecule has 0 spiro atoms. The van der Waals surface area contributed by atoms with Crippen molar-refractivity contribution in [2.45, 2.75) is 37.1 Å². The van der Waals surface area contributed by atoms with Crippen molar-refractivity contribution < 1.29 is 30.9 Å². The summed E-state index contributed by atoms with van der Waals surface area (Å²) in [6.45, 7) is 2.44. The zero-order valence-electron chi connectivity index (χ0n) is 10.2. The molecule has 108 valence electrons. The summed E-state index contributed by atoms with van der Waals surface area (Å²) >= 11 is 0. The number of aliphatic hydroxyl groups is 1. The highest BCUT2D eigenvalue weighted by Gasteiger charge is 2.48. The molecule has 0 heterocycles. The normalized spacial score (nSPS) is 16.1. The van der Waals surface area contributed by atoms with Gasteiger partial charge in [-0.2, -0.15) is 21.4 Å². The molecule has 1 aromatic rings. The van der Waals surface area contributed by atoms with Gasteiger partial charge in [-0.1, -0.05) is 17.7 Å². The maximum Gasteiger partial charge on any atom is 0.403 e. The molecule has 0 aliphatic heterocycles. The minimum Gasteiger partial charge on any atom is -0.390 e. The molecule has 0 saturated carbocycles. The highest BCUT2D eigenvalue weighted by Crippen LogP contribution is 2.30. The lowest BCUT2D eigenvalue weighted by Gasteiger charge is -2.21. The van der Waals surface area contributed by atoms with Crippen molar-refractivity contribution >= 4 is 10.1 Å². The van der Waals surface area contributed by atoms with Crippen molar-refractivity contribution in [3.05, 3.63) is 29.8 Å². The van der Waals surface area contributed by atoms with Gasteiger partial charge in [-0.3, -0.25) is 0 Å². The molecule has 1 rings (SSSR count). The number of aryl methyl sites for hydroxylation is 1. The first-order valence-electron chi connectivity index (χ1n) is 5.28. The molecule has 0 bridgehead atoms. The Balaban J connectivity index is 3.00. The van der Waals surface area contributed by atoms with Gasteiger partial charge in [0.2, 0.25) is 6.17 Å². The quantitative estimate of drug-likeness (QED) is 0.845. The summed E-state index contributed by atoms with van der Waals surface area (Å²) in [7, 11) is -4.81. The Hall–Kier alpha value is -1.12. The molecule has 1 aromatic carbocycles. The van der Waals surface area contributed by atoms with Crippen LogP contribution in [0, 0.1) is 6.92 Å². The molecule has 0 aromatic heterocycles. The molecule has 8 heteroatoms. The van der Waals surface area contributed by atoms with E-state index in [1.54, 1.807) is 6.92 Å². The van der Waals surface area contributed by atoms with Crippen molar-refractivity contribution in [3.8, 4) is 0 Å². The van der Waals surface area contributed by atoms with E-state index in [9.17, 15) is 21.6 Å². The molecule has 2 unspecified atom stereocenters. The van der Waals surface area contributed by atoms with Gasteiger partial charge in [0.25, 0.3) is 0 Å². The summed E-state index contributed by atoms with van der Waals surface area (Å²) in [5, 5.41) is 8.73. The zero-order valence-corrected chi connectivity index (χ0v) is 11.0. The molecule has 1 N–H and O–H groups in total. The lowest BCUT2D eigenvalue weighted by molar-refractivity contribution is -0.234. The van der Waals surface area contributed by atoms with Crippen LogP contribution in [0.2, 0.25) is 0 Å². The van der Waals surface area contributed by atoms with E-state index in [1.165, 1.54) is 12.1 Å². The van der Waals surface area contributed by atoms with E-state index in [0.717, 1.165) is 24.6 Å². The smallest absolute Gasteiger partial charge is 0.390 e. The molecule has 0 fully saturated rings. The van der Waals surface area contributed by atoms with Gasteiger partial charge in [0, 0.05) is 0 Å². The number of hydrogen-bond acceptors (Lipinski definition) is 4. The Morgan fingerprint density at radius 3 is 2.16 bits per heavy atom. The summed E-state index contributed by atoms with van der Waals surface area (Å²) in [4.78, 5) is -0.518. The lowest BCUT2D eigenvalue weighted by atomic mass is 10.2. The number of alkyl halides is 3. The van der Waals surface area contributed by atoms with Gasteiger partial charge in [0.15, 0.2) is 0 Å². The van der Waals surface area contributed by atoms with Crippen LogP contribution in [0.3, 0.4) is 0 Å². The molecule has 0 aliphatic rings. The Morgan fingerprint density at radius 1 is 1.26 bits per heavy atom. The Labute approximate surface area is 108 Å². The fraction of sp³-hybridized carbons (Fsp3) is 0.455. The van der Waals surface area contributed by atoms with Crippen LogP contribution in [0.5, 0.6) is 0 Å². The average molecular weight is 298 g/mol. The molecule has 0 aliphatic carbocycles. The number of hydrogen-bond donors (Lipinski definition) is 1. The third-order valence-electron chi connectivity index (χ3n) is 2.28. The molecule has 2 atom stereocenters. The second kappa shape index (κ2) is 5.48. The topological polar surface area (TPSA) is 63.6 Å². The van der Waals surface area contributed by atoms with Crippen LogP contribution in [-0.2, 0) is 14.3 Å². The monoisotopic (exact) mass is 298 g/mol. The van der Waals surface area contributed by atoms with E-state index >= 15 is 0 Å². The summed E-state index contributed by atoms with van der Waals surface area (Å²) in [6.07, 6.45) is -9.85. The average Bonchev–Trinajstić information content (AvgIpc) is 2.27. The Bertz CT molecular complexity index is 525. The first kappa shape index (κ1) is 15.9. The van der Waals surface area contributed by atoms with E-state index in [-0.39, 0.29) is 0 Å². The lowest BCUT2D eigenvalue weighted by Crippen LogP contribution is -2.41. The molecule has 0 saturated heterocycles. The highest BCUT2D eigenvalue weighted by atomic mass is 32.2. The zero-order chi connectivity index (χ0) is 14.8. The van der Waals surface area contributed by atoms with Crippen LogP contribution in [0.1, 0.15) is 12.5 Å². The van der Waals surface area contributed by atoms with Gasteiger partial charge in [0.1, 0.15) is 0 Å². The van der Waals surface area contributed by atoms with Gasteiger partial charge >= 0.3 is 16.2 Å². The fourth-order valence-corrected chi connectivity index (χ4v) is 2.18. The predicted octanol–water partition coefficient (Wildman–Crippen LogP) is 2.01. The van der Waals surface area contributed by atoms with E-state index in [2.05, 4.69) is 4.18 Å². The van der Waals surface area contributed by atoms with E-state index in [4.69, 9.17) is 5.11 Å². The third kappa shape index (κ3) is 3.92. The van der Waals surface area contributed by atoms with Crippen molar-refractivity contribution in [2.24, 2.45) is 0 Å². The van der Waals surface area contributed by atoms with E-state index in [0.29, 0.717) is 0 Å². The van der Waals surface area contributed by atoms with Crippen LogP contribution < -0.4 is 0 Å². The van der Waals surface area contributed by atoms with Crippen molar-refractivity contribution in [1.29, 1.82) is 0 Å². The highest BCUT2D eigenvalue weighted by molar-refractivity contribution is 7.86. The summed E-state index contributed by atoms with van der Waals surface area (Å²) in [6, 6.07) is 4.90. The third-order valence-corrected chi connectivity index (χ3v) is 3.57. The summed E-state index contributed by atoms with van der Waals surface area (Å²) in [5.41, 5.74) is 0.720. The number of rotatable bonds is 5. The Morgan fingerprint density at radius 2 is 1.74 bits per heavy atom. The van der Waals surface area contributed by atoms with Crippen LogP contribution in [0.25, 0.3) is 0 Å². The van der Waals surface area contributed by atoms with E-state index < -0.39 is 33.4 Å². The first-order valence-corrected chi connectivity index (χ1v) is 6.69. The van der Waals surface area contributed by atoms with Crippen molar-refractivity contribution in [2.75, 3.05) is 0 Å². The van der Waals surface area contributed by atoms with Gasteiger partial charge in [-0.05, 0) is 26.0 Å². The van der Waals surface area contributed by atoms with Gasteiger partial charge < -0.3 is 5.11 Å². The van der Waals surface area contributed by atoms with Gasteiger partial charge in [-0.15, -0.1) is 0 Å².